The standard InChI is InChI=1S/C52H54O6Si2/c1-50(2,3)57-59(46-20-12-8-13-21-46,47-22-14-9-15-23-47)55-44-36-30-41(31-37-44)52(53,40-28-34-43(54-7)35-29-40)42-32-38-45(39-33-42)56-60(58-51(4,5)6,48-24-16-10-17-25-48)49-26-18-11-19-27-49/h8-39,53H,1-7H3. The highest BCUT2D eigenvalue weighted by Crippen LogP contribution is 2.39. The maximum atomic E-state index is 13.1. The summed E-state index contributed by atoms with van der Waals surface area (Å²) >= 11 is 0. The zero-order valence-corrected chi connectivity index (χ0v) is 37.5. The second-order valence-electron chi connectivity index (χ2n) is 16.8. The maximum absolute atomic E-state index is 13.1. The zero-order valence-electron chi connectivity index (χ0n) is 35.5. The Balaban J connectivity index is 1.30. The first-order valence-electron chi connectivity index (χ1n) is 20.3. The second-order valence-corrected chi connectivity index (χ2v) is 22.4. The minimum absolute atomic E-state index is 0.508. The fourth-order valence-corrected chi connectivity index (χ4v) is 14.4. The Kier molecular flexibility index (Phi) is 12.3. The fourth-order valence-electron chi connectivity index (χ4n) is 7.53. The Bertz CT molecular complexity index is 2190. The average molecular weight is 831 g/mol. The second kappa shape index (κ2) is 17.5. The molecule has 0 radical (unpaired) electrons. The number of hydrogen-bond donors (Lipinski definition) is 1. The summed E-state index contributed by atoms with van der Waals surface area (Å²) in [6.45, 7) is 12.3. The summed E-state index contributed by atoms with van der Waals surface area (Å²) in [6, 6.07) is 63.7. The lowest BCUT2D eigenvalue weighted by Crippen LogP contribution is -2.68. The summed E-state index contributed by atoms with van der Waals surface area (Å²) in [5, 5.41) is 17.1. The third-order valence-corrected chi connectivity index (χ3v) is 17.3. The highest BCUT2D eigenvalue weighted by Gasteiger charge is 2.49. The molecule has 0 saturated heterocycles. The Morgan fingerprint density at radius 3 is 0.833 bits per heavy atom. The van der Waals surface area contributed by atoms with Gasteiger partial charge in [-0.1, -0.05) is 158 Å². The van der Waals surface area contributed by atoms with Crippen molar-refractivity contribution in [2.75, 3.05) is 7.11 Å². The fraction of sp³-hybridized carbons (Fsp3) is 0.192. The molecule has 306 valence electrons. The van der Waals surface area contributed by atoms with Gasteiger partial charge in [-0.25, -0.2) is 0 Å². The van der Waals surface area contributed by atoms with Crippen LogP contribution in [0.5, 0.6) is 17.2 Å². The van der Waals surface area contributed by atoms with E-state index >= 15 is 0 Å². The number of rotatable bonds is 14. The molecule has 6 nitrogen and oxygen atoms in total. The Morgan fingerprint density at radius 2 is 0.600 bits per heavy atom. The molecule has 7 aromatic carbocycles. The molecule has 0 bridgehead atoms. The molecule has 0 saturated carbocycles. The van der Waals surface area contributed by atoms with Gasteiger partial charge in [0, 0.05) is 20.7 Å². The van der Waals surface area contributed by atoms with Gasteiger partial charge in [0.15, 0.2) is 0 Å². The molecule has 0 unspecified atom stereocenters. The zero-order chi connectivity index (χ0) is 42.4. The molecular weight excluding hydrogens is 777 g/mol. The topological polar surface area (TPSA) is 66.4 Å². The third-order valence-electron chi connectivity index (χ3n) is 10.1. The first-order chi connectivity index (χ1) is 28.7. The minimum atomic E-state index is -3.31. The van der Waals surface area contributed by atoms with E-state index < -0.39 is 33.9 Å². The van der Waals surface area contributed by atoms with Crippen LogP contribution >= 0.6 is 0 Å². The molecule has 0 heterocycles. The molecule has 0 amide bonds. The van der Waals surface area contributed by atoms with Gasteiger partial charge in [0.05, 0.1) is 18.3 Å². The van der Waals surface area contributed by atoms with E-state index in [4.69, 9.17) is 22.4 Å². The Morgan fingerprint density at radius 1 is 0.350 bits per heavy atom. The molecule has 0 spiro atoms. The quantitative estimate of drug-likeness (QED) is 0.0874. The molecule has 7 rings (SSSR count). The van der Waals surface area contributed by atoms with Crippen molar-refractivity contribution >= 4 is 37.9 Å². The van der Waals surface area contributed by atoms with E-state index in [0.29, 0.717) is 33.9 Å². The lowest BCUT2D eigenvalue weighted by molar-refractivity contribution is 0.100. The van der Waals surface area contributed by atoms with Crippen molar-refractivity contribution in [3.05, 3.63) is 211 Å². The number of methoxy groups -OCH3 is 1. The highest BCUT2D eigenvalue weighted by atomic mass is 28.4. The van der Waals surface area contributed by atoms with E-state index in [0.717, 1.165) is 20.7 Å². The summed E-state index contributed by atoms with van der Waals surface area (Å²) in [4.78, 5) is 0. The maximum Gasteiger partial charge on any atom is 0.469 e. The van der Waals surface area contributed by atoms with E-state index in [1.165, 1.54) is 0 Å². The average Bonchev–Trinajstić information content (AvgIpc) is 3.26. The van der Waals surface area contributed by atoms with E-state index in [9.17, 15) is 5.11 Å². The molecule has 0 aliphatic rings. The Labute approximate surface area is 357 Å². The van der Waals surface area contributed by atoms with Gasteiger partial charge >= 0.3 is 17.1 Å². The molecule has 0 atom stereocenters. The van der Waals surface area contributed by atoms with Gasteiger partial charge in [0.2, 0.25) is 0 Å². The van der Waals surface area contributed by atoms with Crippen molar-refractivity contribution in [2.24, 2.45) is 0 Å². The largest absolute Gasteiger partial charge is 0.514 e. The smallest absolute Gasteiger partial charge is 0.469 e. The van der Waals surface area contributed by atoms with E-state index in [2.05, 4.69) is 90.1 Å². The van der Waals surface area contributed by atoms with Crippen LogP contribution in [0.4, 0.5) is 0 Å². The molecule has 0 aliphatic carbocycles. The van der Waals surface area contributed by atoms with Crippen molar-refractivity contribution in [2.45, 2.75) is 58.3 Å². The normalized spacial score (nSPS) is 12.5. The summed E-state index contributed by atoms with van der Waals surface area (Å²) in [5.74, 6) is 1.95. The number of benzene rings is 7. The number of hydrogen-bond acceptors (Lipinski definition) is 6. The van der Waals surface area contributed by atoms with Crippen LogP contribution in [0.2, 0.25) is 0 Å². The van der Waals surface area contributed by atoms with Gasteiger partial charge in [-0.2, -0.15) is 0 Å². The van der Waals surface area contributed by atoms with Crippen molar-refractivity contribution in [1.29, 1.82) is 0 Å². The lowest BCUT2D eigenvalue weighted by Gasteiger charge is -2.38. The van der Waals surface area contributed by atoms with E-state index in [1.54, 1.807) is 7.11 Å². The van der Waals surface area contributed by atoms with E-state index in [-0.39, 0.29) is 0 Å². The van der Waals surface area contributed by atoms with E-state index in [1.807, 2.05) is 146 Å². The number of aliphatic hydroxyl groups is 1. The first-order valence-corrected chi connectivity index (χ1v) is 24.0. The van der Waals surface area contributed by atoms with Gasteiger partial charge in [0.1, 0.15) is 22.8 Å². The van der Waals surface area contributed by atoms with Gasteiger partial charge in [-0.3, -0.25) is 0 Å². The molecule has 8 heteroatoms. The van der Waals surface area contributed by atoms with Crippen molar-refractivity contribution < 1.29 is 27.5 Å². The molecule has 0 aromatic heterocycles. The van der Waals surface area contributed by atoms with Crippen LogP contribution < -0.4 is 34.3 Å². The van der Waals surface area contributed by atoms with Crippen molar-refractivity contribution in [1.82, 2.24) is 0 Å². The van der Waals surface area contributed by atoms with Gasteiger partial charge < -0.3 is 27.5 Å². The lowest BCUT2D eigenvalue weighted by atomic mass is 9.80. The molecular formula is C52H54O6Si2. The molecule has 0 aliphatic heterocycles. The molecule has 60 heavy (non-hydrogen) atoms. The summed E-state index contributed by atoms with van der Waals surface area (Å²) < 4.78 is 33.8. The first kappa shape index (κ1) is 42.4. The Hall–Kier alpha value is -5.75. The summed E-state index contributed by atoms with van der Waals surface area (Å²) in [7, 11) is -4.99. The van der Waals surface area contributed by atoms with Crippen LogP contribution in [-0.4, -0.2) is 40.5 Å². The van der Waals surface area contributed by atoms with Gasteiger partial charge in [0.25, 0.3) is 0 Å². The molecule has 0 fully saturated rings. The predicted molar refractivity (Wildman–Crippen MR) is 247 cm³/mol. The predicted octanol–water partition coefficient (Wildman–Crippen LogP) is 8.88. The van der Waals surface area contributed by atoms with Crippen LogP contribution in [0.15, 0.2) is 194 Å². The van der Waals surface area contributed by atoms with Gasteiger partial charge in [-0.05, 0) is 94.6 Å². The van der Waals surface area contributed by atoms with Crippen LogP contribution in [0.25, 0.3) is 0 Å². The minimum Gasteiger partial charge on any atom is -0.514 e. The van der Waals surface area contributed by atoms with Crippen molar-refractivity contribution in [3.63, 3.8) is 0 Å². The van der Waals surface area contributed by atoms with Gasteiger partial charge in [-0.15, -0.1) is 0 Å². The highest BCUT2D eigenvalue weighted by molar-refractivity contribution is 6.93. The van der Waals surface area contributed by atoms with Crippen LogP contribution in [0.1, 0.15) is 58.2 Å². The number of ether oxygens (including phenoxy) is 1. The monoisotopic (exact) mass is 830 g/mol. The van der Waals surface area contributed by atoms with Crippen LogP contribution in [0.3, 0.4) is 0 Å². The molecule has 1 N–H and O–H groups in total. The third kappa shape index (κ3) is 9.18. The molecule has 7 aromatic rings. The van der Waals surface area contributed by atoms with Crippen molar-refractivity contribution in [3.8, 4) is 17.2 Å². The summed E-state index contributed by atoms with van der Waals surface area (Å²) in [5.41, 5.74) is -0.589. The SMILES string of the molecule is COc1ccc(C(O)(c2ccc(O[Si](OC(C)(C)C)(c3ccccc3)c3ccccc3)cc2)c2ccc(O[Si](OC(C)(C)C)(c3ccccc3)c3ccccc3)cc2)cc1. The van der Waals surface area contributed by atoms with Crippen LogP contribution in [-0.2, 0) is 14.5 Å². The van der Waals surface area contributed by atoms with Crippen LogP contribution in [0, 0.1) is 0 Å². The summed E-state index contributed by atoms with van der Waals surface area (Å²) in [6.07, 6.45) is 0.